The number of rotatable bonds is 7. The molecule has 120 valence electrons. The Balaban J connectivity index is 3.20. The van der Waals surface area contributed by atoms with Crippen LogP contribution in [0.2, 0.25) is 0 Å². The molecule has 1 aromatic heterocycles. The molecule has 1 atom stereocenters. The maximum absolute atomic E-state index is 12.4. The third-order valence-electron chi connectivity index (χ3n) is 3.46. The lowest BCUT2D eigenvalue weighted by Gasteiger charge is -2.20. The minimum absolute atomic E-state index is 0.00676. The Kier molecular flexibility index (Phi) is 5.58. The first-order valence-corrected chi connectivity index (χ1v) is 8.56. The molecule has 7 heteroatoms. The molecule has 6 nitrogen and oxygen atoms in total. The fourth-order valence-electron chi connectivity index (χ4n) is 2.16. The standard InChI is InChI=1S/C14H24N2O4S/c1-6-12(9(2)3)15-21(19,20)11-7-13(14(17)18)16(8-11)10(4)5/h7-10,12,15H,6H2,1-5H3,(H,17,18). The summed E-state index contributed by atoms with van der Waals surface area (Å²) in [5.41, 5.74) is -0.0250. The van der Waals surface area contributed by atoms with E-state index < -0.39 is 16.0 Å². The van der Waals surface area contributed by atoms with E-state index in [1.807, 2.05) is 20.8 Å². The summed E-state index contributed by atoms with van der Waals surface area (Å²) in [5, 5.41) is 9.17. The molecule has 0 aromatic carbocycles. The molecule has 1 unspecified atom stereocenters. The molecule has 0 fully saturated rings. The van der Waals surface area contributed by atoms with Gasteiger partial charge >= 0.3 is 5.97 Å². The average molecular weight is 316 g/mol. The van der Waals surface area contributed by atoms with Crippen LogP contribution in [-0.4, -0.2) is 30.1 Å². The molecule has 1 heterocycles. The Morgan fingerprint density at radius 2 is 1.90 bits per heavy atom. The lowest BCUT2D eigenvalue weighted by molar-refractivity contribution is 0.0683. The highest BCUT2D eigenvalue weighted by molar-refractivity contribution is 7.89. The first kappa shape index (κ1) is 17.7. The van der Waals surface area contributed by atoms with Crippen molar-refractivity contribution in [1.82, 2.24) is 9.29 Å². The van der Waals surface area contributed by atoms with Gasteiger partial charge in [0.2, 0.25) is 10.0 Å². The molecule has 0 spiro atoms. The molecule has 0 amide bonds. The third kappa shape index (κ3) is 4.07. The number of nitrogens with zero attached hydrogens (tertiary/aromatic N) is 1. The lowest BCUT2D eigenvalue weighted by atomic mass is 10.0. The van der Waals surface area contributed by atoms with Crippen molar-refractivity contribution in [3.05, 3.63) is 18.0 Å². The van der Waals surface area contributed by atoms with Crippen molar-refractivity contribution in [3.63, 3.8) is 0 Å². The lowest BCUT2D eigenvalue weighted by Crippen LogP contribution is -2.37. The van der Waals surface area contributed by atoms with E-state index >= 15 is 0 Å². The maximum Gasteiger partial charge on any atom is 0.352 e. The summed E-state index contributed by atoms with van der Waals surface area (Å²) < 4.78 is 28.9. The first-order valence-electron chi connectivity index (χ1n) is 7.07. The summed E-state index contributed by atoms with van der Waals surface area (Å²) in [4.78, 5) is 11.2. The van der Waals surface area contributed by atoms with Crippen LogP contribution >= 0.6 is 0 Å². The van der Waals surface area contributed by atoms with Crippen LogP contribution < -0.4 is 4.72 Å². The Labute approximate surface area is 126 Å². The topological polar surface area (TPSA) is 88.4 Å². The van der Waals surface area contributed by atoms with Gasteiger partial charge in [-0.25, -0.2) is 17.9 Å². The van der Waals surface area contributed by atoms with E-state index in [0.29, 0.717) is 6.42 Å². The zero-order chi connectivity index (χ0) is 16.4. The number of nitrogens with one attached hydrogen (secondary N) is 1. The van der Waals surface area contributed by atoms with E-state index in [2.05, 4.69) is 4.72 Å². The van der Waals surface area contributed by atoms with Gasteiger partial charge in [0.25, 0.3) is 0 Å². The molecule has 1 rings (SSSR count). The fourth-order valence-corrected chi connectivity index (χ4v) is 3.65. The fraction of sp³-hybridized carbons (Fsp3) is 0.643. The highest BCUT2D eigenvalue weighted by Crippen LogP contribution is 2.20. The second kappa shape index (κ2) is 6.62. The molecule has 21 heavy (non-hydrogen) atoms. The molecule has 0 saturated heterocycles. The van der Waals surface area contributed by atoms with Gasteiger partial charge in [-0.05, 0) is 32.3 Å². The molecule has 2 N–H and O–H groups in total. The van der Waals surface area contributed by atoms with Crippen molar-refractivity contribution in [2.24, 2.45) is 5.92 Å². The third-order valence-corrected chi connectivity index (χ3v) is 4.92. The molecular formula is C14H24N2O4S. The highest BCUT2D eigenvalue weighted by Gasteiger charge is 2.25. The largest absolute Gasteiger partial charge is 0.477 e. The van der Waals surface area contributed by atoms with Crippen LogP contribution in [0.25, 0.3) is 0 Å². The van der Waals surface area contributed by atoms with Crippen LogP contribution in [0.5, 0.6) is 0 Å². The van der Waals surface area contributed by atoms with Gasteiger partial charge in [-0.3, -0.25) is 0 Å². The smallest absolute Gasteiger partial charge is 0.352 e. The molecule has 0 aliphatic rings. The number of sulfonamides is 1. The molecule has 0 aliphatic heterocycles. The van der Waals surface area contributed by atoms with Gasteiger partial charge in [-0.2, -0.15) is 0 Å². The van der Waals surface area contributed by atoms with Crippen LogP contribution in [-0.2, 0) is 10.0 Å². The van der Waals surface area contributed by atoms with Crippen molar-refractivity contribution in [2.75, 3.05) is 0 Å². The van der Waals surface area contributed by atoms with Crippen molar-refractivity contribution in [1.29, 1.82) is 0 Å². The van der Waals surface area contributed by atoms with E-state index in [0.717, 1.165) is 0 Å². The number of carboxylic acids is 1. The number of hydrogen-bond donors (Lipinski definition) is 2. The summed E-state index contributed by atoms with van der Waals surface area (Å²) in [5.74, 6) is -0.975. The zero-order valence-corrected chi connectivity index (χ0v) is 13.9. The quantitative estimate of drug-likeness (QED) is 0.809. The van der Waals surface area contributed by atoms with E-state index in [9.17, 15) is 18.3 Å². The average Bonchev–Trinajstić information content (AvgIpc) is 2.81. The van der Waals surface area contributed by atoms with Crippen LogP contribution in [0, 0.1) is 5.92 Å². The maximum atomic E-state index is 12.4. The molecular weight excluding hydrogens is 292 g/mol. The second-order valence-corrected chi connectivity index (χ2v) is 7.46. The van der Waals surface area contributed by atoms with Gasteiger partial charge in [0, 0.05) is 18.3 Å². The second-order valence-electron chi connectivity index (χ2n) is 5.75. The van der Waals surface area contributed by atoms with E-state index in [1.165, 1.54) is 16.8 Å². The predicted octanol–water partition coefficient (Wildman–Crippen LogP) is 2.48. The highest BCUT2D eigenvalue weighted by atomic mass is 32.2. The van der Waals surface area contributed by atoms with Crippen molar-refractivity contribution >= 4 is 16.0 Å². The molecule has 0 radical (unpaired) electrons. The number of carbonyl (C=O) groups is 1. The van der Waals surface area contributed by atoms with Crippen LogP contribution in [0.4, 0.5) is 0 Å². The number of aromatic carboxylic acids is 1. The Bertz CT molecular complexity index is 602. The Morgan fingerprint density at radius 3 is 2.24 bits per heavy atom. The van der Waals surface area contributed by atoms with Crippen molar-refractivity contribution in [3.8, 4) is 0 Å². The minimum Gasteiger partial charge on any atom is -0.477 e. The van der Waals surface area contributed by atoms with Crippen LogP contribution in [0.15, 0.2) is 17.2 Å². The van der Waals surface area contributed by atoms with E-state index in [4.69, 9.17) is 0 Å². The Morgan fingerprint density at radius 1 is 1.33 bits per heavy atom. The van der Waals surface area contributed by atoms with E-state index in [-0.39, 0.29) is 28.6 Å². The molecule has 1 aromatic rings. The molecule has 0 aliphatic carbocycles. The van der Waals surface area contributed by atoms with Crippen molar-refractivity contribution in [2.45, 2.75) is 58.0 Å². The SMILES string of the molecule is CCC(NS(=O)(=O)c1cc(C(=O)O)n(C(C)C)c1)C(C)C. The zero-order valence-electron chi connectivity index (χ0n) is 13.1. The van der Waals surface area contributed by atoms with Crippen LogP contribution in [0.1, 0.15) is 57.6 Å². The summed E-state index contributed by atoms with van der Waals surface area (Å²) in [6, 6.07) is 0.898. The summed E-state index contributed by atoms with van der Waals surface area (Å²) >= 11 is 0. The number of aromatic nitrogens is 1. The number of carboxylic acid groups (broad SMARTS) is 1. The van der Waals surface area contributed by atoms with Gasteiger partial charge in [0.15, 0.2) is 0 Å². The van der Waals surface area contributed by atoms with Gasteiger partial charge in [0.1, 0.15) is 10.6 Å². The Hall–Kier alpha value is -1.34. The van der Waals surface area contributed by atoms with E-state index in [1.54, 1.807) is 13.8 Å². The summed E-state index contributed by atoms with van der Waals surface area (Å²) in [6.07, 6.45) is 2.05. The number of hydrogen-bond acceptors (Lipinski definition) is 3. The van der Waals surface area contributed by atoms with Gasteiger partial charge in [0.05, 0.1) is 0 Å². The summed E-state index contributed by atoms with van der Waals surface area (Å²) in [7, 11) is -3.72. The van der Waals surface area contributed by atoms with Gasteiger partial charge < -0.3 is 9.67 Å². The first-order chi connectivity index (χ1) is 9.60. The van der Waals surface area contributed by atoms with Crippen molar-refractivity contribution < 1.29 is 18.3 Å². The molecule has 0 bridgehead atoms. The van der Waals surface area contributed by atoms with Gasteiger partial charge in [-0.15, -0.1) is 0 Å². The monoisotopic (exact) mass is 316 g/mol. The predicted molar refractivity (Wildman–Crippen MR) is 81.0 cm³/mol. The normalized spacial score (nSPS) is 13.9. The van der Waals surface area contributed by atoms with Gasteiger partial charge in [-0.1, -0.05) is 20.8 Å². The van der Waals surface area contributed by atoms with Crippen LogP contribution in [0.3, 0.4) is 0 Å². The minimum atomic E-state index is -3.72. The molecule has 0 saturated carbocycles. The summed E-state index contributed by atoms with van der Waals surface area (Å²) in [6.45, 7) is 9.41.